The van der Waals surface area contributed by atoms with Crippen molar-refractivity contribution in [2.24, 2.45) is 0 Å². The van der Waals surface area contributed by atoms with Gasteiger partial charge in [0.2, 0.25) is 5.91 Å². The molecule has 1 fully saturated rings. The van der Waals surface area contributed by atoms with Crippen LogP contribution in [0.5, 0.6) is 0 Å². The fourth-order valence-electron chi connectivity index (χ4n) is 3.60. The number of anilines is 2. The monoisotopic (exact) mass is 405 g/mol. The molecule has 3 aromatic rings. The number of likely N-dealkylation sites (tertiary alicyclic amines) is 1. The summed E-state index contributed by atoms with van der Waals surface area (Å²) in [5, 5.41) is 17.0. The predicted molar refractivity (Wildman–Crippen MR) is 112 cm³/mol. The van der Waals surface area contributed by atoms with Gasteiger partial charge < -0.3 is 15.5 Å². The fourth-order valence-corrected chi connectivity index (χ4v) is 3.60. The molecular formula is C21H23N7O2. The molecule has 9 nitrogen and oxygen atoms in total. The van der Waals surface area contributed by atoms with Gasteiger partial charge in [0, 0.05) is 17.9 Å². The average molecular weight is 405 g/mol. The Kier molecular flexibility index (Phi) is 5.42. The highest BCUT2D eigenvalue weighted by Crippen LogP contribution is 2.23. The Bertz CT molecular complexity index is 1050. The number of nitrogens with zero attached hydrogens (tertiary/aromatic N) is 5. The SMILES string of the molecule is Cc1ccc(NC(=O)N2CCC[C@@H]2C(=O)Nc2ccc(-n3cnnn3)c(C)c2)cc1. The van der Waals surface area contributed by atoms with Gasteiger partial charge in [0.1, 0.15) is 12.4 Å². The van der Waals surface area contributed by atoms with E-state index in [1.54, 1.807) is 15.6 Å². The van der Waals surface area contributed by atoms with Crippen molar-refractivity contribution in [1.29, 1.82) is 0 Å². The van der Waals surface area contributed by atoms with Crippen molar-refractivity contribution in [3.8, 4) is 5.69 Å². The quantitative estimate of drug-likeness (QED) is 0.694. The van der Waals surface area contributed by atoms with Gasteiger partial charge in [0.25, 0.3) is 0 Å². The van der Waals surface area contributed by atoms with E-state index in [2.05, 4.69) is 26.2 Å². The highest BCUT2D eigenvalue weighted by Gasteiger charge is 2.34. The van der Waals surface area contributed by atoms with Crippen LogP contribution in [0.4, 0.5) is 16.2 Å². The number of rotatable bonds is 4. The van der Waals surface area contributed by atoms with Crippen LogP contribution < -0.4 is 10.6 Å². The maximum absolute atomic E-state index is 12.9. The molecule has 9 heteroatoms. The van der Waals surface area contributed by atoms with E-state index in [0.29, 0.717) is 24.3 Å². The third-order valence-corrected chi connectivity index (χ3v) is 5.18. The van der Waals surface area contributed by atoms with Gasteiger partial charge in [-0.25, -0.2) is 9.48 Å². The Balaban J connectivity index is 1.42. The van der Waals surface area contributed by atoms with Crippen LogP contribution >= 0.6 is 0 Å². The molecule has 2 N–H and O–H groups in total. The molecule has 1 aliphatic rings. The largest absolute Gasteiger partial charge is 0.324 e. The number of hydrogen-bond acceptors (Lipinski definition) is 5. The maximum Gasteiger partial charge on any atom is 0.322 e. The zero-order chi connectivity index (χ0) is 21.1. The van der Waals surface area contributed by atoms with Gasteiger partial charge >= 0.3 is 6.03 Å². The van der Waals surface area contributed by atoms with E-state index in [9.17, 15) is 9.59 Å². The Labute approximate surface area is 174 Å². The zero-order valence-electron chi connectivity index (χ0n) is 16.9. The lowest BCUT2D eigenvalue weighted by Gasteiger charge is -2.24. The van der Waals surface area contributed by atoms with Gasteiger partial charge in [0.05, 0.1) is 5.69 Å². The van der Waals surface area contributed by atoms with Crippen LogP contribution in [0.2, 0.25) is 0 Å². The Morgan fingerprint density at radius 1 is 1.03 bits per heavy atom. The number of aryl methyl sites for hydroxylation is 2. The molecule has 4 rings (SSSR count). The summed E-state index contributed by atoms with van der Waals surface area (Å²) in [6, 6.07) is 12.3. The molecule has 2 heterocycles. The number of carbonyl (C=O) groups excluding carboxylic acids is 2. The van der Waals surface area contributed by atoms with Crippen molar-refractivity contribution in [2.75, 3.05) is 17.2 Å². The predicted octanol–water partition coefficient (Wildman–Crippen LogP) is 2.91. The molecule has 0 aliphatic carbocycles. The highest BCUT2D eigenvalue weighted by molar-refractivity contribution is 5.99. The molecular weight excluding hydrogens is 382 g/mol. The van der Waals surface area contributed by atoms with E-state index < -0.39 is 6.04 Å². The lowest BCUT2D eigenvalue weighted by Crippen LogP contribution is -2.45. The molecule has 0 bridgehead atoms. The van der Waals surface area contributed by atoms with E-state index in [0.717, 1.165) is 23.2 Å². The minimum atomic E-state index is -0.505. The maximum atomic E-state index is 12.9. The second-order valence-corrected chi connectivity index (χ2v) is 7.39. The second kappa shape index (κ2) is 8.32. The van der Waals surface area contributed by atoms with E-state index in [4.69, 9.17) is 0 Å². The number of aromatic nitrogens is 4. The van der Waals surface area contributed by atoms with Crippen molar-refractivity contribution >= 4 is 23.3 Å². The van der Waals surface area contributed by atoms with Crippen molar-refractivity contribution < 1.29 is 9.59 Å². The van der Waals surface area contributed by atoms with Crippen molar-refractivity contribution in [2.45, 2.75) is 32.7 Å². The molecule has 30 heavy (non-hydrogen) atoms. The summed E-state index contributed by atoms with van der Waals surface area (Å²) >= 11 is 0. The summed E-state index contributed by atoms with van der Waals surface area (Å²) in [4.78, 5) is 27.2. The van der Waals surface area contributed by atoms with Crippen molar-refractivity contribution in [3.63, 3.8) is 0 Å². The van der Waals surface area contributed by atoms with Crippen LogP contribution in [0.3, 0.4) is 0 Å². The zero-order valence-corrected chi connectivity index (χ0v) is 16.9. The van der Waals surface area contributed by atoms with E-state index in [1.165, 1.54) is 6.33 Å². The molecule has 1 atom stereocenters. The highest BCUT2D eigenvalue weighted by atomic mass is 16.2. The number of amides is 3. The van der Waals surface area contributed by atoms with Crippen molar-refractivity contribution in [3.05, 3.63) is 59.9 Å². The standard InChI is InChI=1S/C21H23N7O2/c1-14-5-7-16(8-6-14)24-21(30)27-11-3-4-19(27)20(29)23-17-9-10-18(15(2)12-17)28-13-22-25-26-28/h5-10,12-13,19H,3-4,11H2,1-2H3,(H,23,29)(H,24,30)/t19-/m1/s1. The number of urea groups is 1. The Hall–Kier alpha value is -3.75. The molecule has 1 saturated heterocycles. The van der Waals surface area contributed by atoms with Gasteiger partial charge in [0.15, 0.2) is 0 Å². The molecule has 1 aliphatic heterocycles. The summed E-state index contributed by atoms with van der Waals surface area (Å²) in [5.41, 5.74) is 4.25. The molecule has 0 saturated carbocycles. The molecule has 1 aromatic heterocycles. The third-order valence-electron chi connectivity index (χ3n) is 5.18. The van der Waals surface area contributed by atoms with Gasteiger partial charge in [-0.15, -0.1) is 5.10 Å². The fraction of sp³-hybridized carbons (Fsp3) is 0.286. The number of nitrogens with one attached hydrogen (secondary N) is 2. The van der Waals surface area contributed by atoms with E-state index >= 15 is 0 Å². The number of benzene rings is 2. The van der Waals surface area contributed by atoms with E-state index in [-0.39, 0.29) is 11.9 Å². The summed E-state index contributed by atoms with van der Waals surface area (Å²) in [6.45, 7) is 4.46. The molecule has 0 radical (unpaired) electrons. The summed E-state index contributed by atoms with van der Waals surface area (Å²) < 4.78 is 1.56. The first kappa shape index (κ1) is 19.6. The molecule has 0 unspecified atom stereocenters. The van der Waals surface area contributed by atoms with Gasteiger partial charge in [-0.05, 0) is 73.0 Å². The van der Waals surface area contributed by atoms with Crippen molar-refractivity contribution in [1.82, 2.24) is 25.1 Å². The van der Waals surface area contributed by atoms with E-state index in [1.807, 2.05) is 50.2 Å². The topological polar surface area (TPSA) is 105 Å². The number of carbonyl (C=O) groups is 2. The van der Waals surface area contributed by atoms with Gasteiger partial charge in [-0.2, -0.15) is 0 Å². The molecule has 154 valence electrons. The van der Waals surface area contributed by atoms with Crippen LogP contribution in [0, 0.1) is 13.8 Å². The smallest absolute Gasteiger partial charge is 0.322 e. The van der Waals surface area contributed by atoms with Gasteiger partial charge in [-0.1, -0.05) is 17.7 Å². The summed E-state index contributed by atoms with van der Waals surface area (Å²) in [5.74, 6) is -0.193. The number of tetrazole rings is 1. The minimum Gasteiger partial charge on any atom is -0.324 e. The van der Waals surface area contributed by atoms with Crippen LogP contribution in [-0.2, 0) is 4.79 Å². The summed E-state index contributed by atoms with van der Waals surface area (Å²) in [6.07, 6.45) is 2.94. The first-order chi connectivity index (χ1) is 14.5. The number of hydrogen-bond donors (Lipinski definition) is 2. The lowest BCUT2D eigenvalue weighted by atomic mass is 10.1. The van der Waals surface area contributed by atoms with Crippen LogP contribution in [0.25, 0.3) is 5.69 Å². The third kappa shape index (κ3) is 4.14. The minimum absolute atomic E-state index is 0.193. The molecule has 3 amide bonds. The molecule has 2 aromatic carbocycles. The normalized spacial score (nSPS) is 15.8. The van der Waals surface area contributed by atoms with Crippen LogP contribution in [-0.4, -0.2) is 49.6 Å². The average Bonchev–Trinajstić information content (AvgIpc) is 3.42. The Morgan fingerprint density at radius 2 is 1.80 bits per heavy atom. The lowest BCUT2D eigenvalue weighted by molar-refractivity contribution is -0.119. The van der Waals surface area contributed by atoms with Gasteiger partial charge in [-0.3, -0.25) is 4.79 Å². The first-order valence-corrected chi connectivity index (χ1v) is 9.80. The van der Waals surface area contributed by atoms with Crippen LogP contribution in [0.1, 0.15) is 24.0 Å². The Morgan fingerprint density at radius 3 is 2.50 bits per heavy atom. The second-order valence-electron chi connectivity index (χ2n) is 7.39. The van der Waals surface area contributed by atoms with Crippen LogP contribution in [0.15, 0.2) is 48.8 Å². The first-order valence-electron chi connectivity index (χ1n) is 9.80. The summed E-state index contributed by atoms with van der Waals surface area (Å²) in [7, 11) is 0. The molecule has 0 spiro atoms.